The Morgan fingerprint density at radius 3 is 2.75 bits per heavy atom. The number of hydrogen-bond donors (Lipinski definition) is 1. The van der Waals surface area contributed by atoms with E-state index in [4.69, 9.17) is 15.0 Å². The van der Waals surface area contributed by atoms with Gasteiger partial charge in [0.15, 0.2) is 5.82 Å². The van der Waals surface area contributed by atoms with Crippen molar-refractivity contribution >= 4 is 0 Å². The minimum atomic E-state index is -0.163. The van der Waals surface area contributed by atoms with Crippen LogP contribution in [0.5, 0.6) is 0 Å². The van der Waals surface area contributed by atoms with Crippen molar-refractivity contribution in [3.05, 3.63) is 11.7 Å². The van der Waals surface area contributed by atoms with Crippen molar-refractivity contribution < 1.29 is 9.26 Å². The van der Waals surface area contributed by atoms with Crippen LogP contribution in [0.25, 0.3) is 0 Å². The molecule has 6 heteroatoms. The molecule has 2 aliphatic carbocycles. The fourth-order valence-electron chi connectivity index (χ4n) is 3.86. The van der Waals surface area contributed by atoms with Crippen LogP contribution in [-0.2, 0) is 4.74 Å². The first-order valence-corrected chi connectivity index (χ1v) is 7.72. The van der Waals surface area contributed by atoms with Crippen molar-refractivity contribution in [2.24, 2.45) is 17.6 Å². The van der Waals surface area contributed by atoms with Gasteiger partial charge in [0, 0.05) is 25.6 Å². The fourth-order valence-corrected chi connectivity index (χ4v) is 3.86. The van der Waals surface area contributed by atoms with Crippen LogP contribution in [0.2, 0.25) is 0 Å². The smallest absolute Gasteiger partial charge is 0.230 e. The SMILES string of the molecule is NC(CN1CCOCC1)c1noc(C2C3CCCC32)n1. The Morgan fingerprint density at radius 2 is 2.00 bits per heavy atom. The van der Waals surface area contributed by atoms with Crippen molar-refractivity contribution in [1.29, 1.82) is 0 Å². The van der Waals surface area contributed by atoms with Crippen LogP contribution in [0.1, 0.15) is 42.9 Å². The lowest BCUT2D eigenvalue weighted by atomic mass is 10.1. The van der Waals surface area contributed by atoms with Crippen LogP contribution in [0.4, 0.5) is 0 Å². The average Bonchev–Trinajstić information content (AvgIpc) is 2.90. The maximum atomic E-state index is 6.21. The minimum absolute atomic E-state index is 0.163. The molecule has 3 unspecified atom stereocenters. The molecule has 1 aromatic heterocycles. The quantitative estimate of drug-likeness (QED) is 0.882. The van der Waals surface area contributed by atoms with Crippen molar-refractivity contribution in [2.75, 3.05) is 32.8 Å². The molecule has 0 amide bonds. The first kappa shape index (κ1) is 12.7. The van der Waals surface area contributed by atoms with Gasteiger partial charge in [0.1, 0.15) is 0 Å². The number of rotatable bonds is 4. The molecule has 0 bridgehead atoms. The molecule has 20 heavy (non-hydrogen) atoms. The number of morpholine rings is 1. The number of hydrogen-bond acceptors (Lipinski definition) is 6. The van der Waals surface area contributed by atoms with Crippen LogP contribution in [0, 0.1) is 11.8 Å². The largest absolute Gasteiger partial charge is 0.379 e. The highest BCUT2D eigenvalue weighted by Crippen LogP contribution is 2.62. The third-order valence-corrected chi connectivity index (χ3v) is 5.04. The molecule has 0 spiro atoms. The number of nitrogens with zero attached hydrogens (tertiary/aromatic N) is 3. The second-order valence-corrected chi connectivity index (χ2v) is 6.29. The Labute approximate surface area is 118 Å². The second kappa shape index (κ2) is 5.09. The van der Waals surface area contributed by atoms with Crippen molar-refractivity contribution in [1.82, 2.24) is 15.0 Å². The fraction of sp³-hybridized carbons (Fsp3) is 0.857. The van der Waals surface area contributed by atoms with Crippen LogP contribution in [-0.4, -0.2) is 47.9 Å². The number of nitrogens with two attached hydrogens (primary N) is 1. The van der Waals surface area contributed by atoms with E-state index >= 15 is 0 Å². The topological polar surface area (TPSA) is 77.4 Å². The molecule has 110 valence electrons. The first-order chi connectivity index (χ1) is 9.83. The van der Waals surface area contributed by atoms with Gasteiger partial charge in [0.2, 0.25) is 5.89 Å². The Balaban J connectivity index is 1.37. The number of aromatic nitrogens is 2. The molecule has 2 heterocycles. The summed E-state index contributed by atoms with van der Waals surface area (Å²) >= 11 is 0. The van der Waals surface area contributed by atoms with Gasteiger partial charge in [-0.2, -0.15) is 4.98 Å². The molecule has 3 fully saturated rings. The molecule has 6 nitrogen and oxygen atoms in total. The van der Waals surface area contributed by atoms with Crippen molar-refractivity contribution in [3.63, 3.8) is 0 Å². The van der Waals surface area contributed by atoms with Gasteiger partial charge >= 0.3 is 0 Å². The highest BCUT2D eigenvalue weighted by molar-refractivity contribution is 5.16. The predicted molar refractivity (Wildman–Crippen MR) is 72.1 cm³/mol. The maximum Gasteiger partial charge on any atom is 0.230 e. The van der Waals surface area contributed by atoms with Gasteiger partial charge in [-0.25, -0.2) is 0 Å². The third kappa shape index (κ3) is 2.25. The molecule has 1 saturated heterocycles. The lowest BCUT2D eigenvalue weighted by Gasteiger charge is -2.27. The van der Waals surface area contributed by atoms with Gasteiger partial charge in [-0.1, -0.05) is 11.6 Å². The molecule has 1 aliphatic heterocycles. The Kier molecular flexibility index (Phi) is 3.24. The summed E-state index contributed by atoms with van der Waals surface area (Å²) in [5.41, 5.74) is 6.21. The zero-order valence-corrected chi connectivity index (χ0v) is 11.7. The molecule has 1 aromatic rings. The Morgan fingerprint density at radius 1 is 1.25 bits per heavy atom. The molecular formula is C14H22N4O2. The molecule has 2 saturated carbocycles. The summed E-state index contributed by atoms with van der Waals surface area (Å²) in [4.78, 5) is 6.86. The van der Waals surface area contributed by atoms with Gasteiger partial charge < -0.3 is 15.0 Å². The van der Waals surface area contributed by atoms with Crippen molar-refractivity contribution in [2.45, 2.75) is 31.2 Å². The highest BCUT2D eigenvalue weighted by Gasteiger charge is 2.56. The summed E-state index contributed by atoms with van der Waals surface area (Å²) in [6, 6.07) is -0.163. The van der Waals surface area contributed by atoms with Gasteiger partial charge in [-0.15, -0.1) is 0 Å². The molecule has 4 rings (SSSR count). The molecule has 2 N–H and O–H groups in total. The molecule has 3 aliphatic rings. The average molecular weight is 278 g/mol. The third-order valence-electron chi connectivity index (χ3n) is 5.04. The zero-order chi connectivity index (χ0) is 13.5. The summed E-state index contributed by atoms with van der Waals surface area (Å²) in [6.07, 6.45) is 4.02. The van der Waals surface area contributed by atoms with E-state index < -0.39 is 0 Å². The van der Waals surface area contributed by atoms with E-state index in [0.717, 1.165) is 50.6 Å². The van der Waals surface area contributed by atoms with E-state index in [1.807, 2.05) is 0 Å². The second-order valence-electron chi connectivity index (χ2n) is 6.29. The van der Waals surface area contributed by atoms with E-state index in [2.05, 4.69) is 15.0 Å². The predicted octanol–water partition coefficient (Wildman–Crippen LogP) is 0.915. The summed E-state index contributed by atoms with van der Waals surface area (Å²) < 4.78 is 10.8. The number of fused-ring (bicyclic) bond motifs is 1. The van der Waals surface area contributed by atoms with Gasteiger partial charge in [-0.05, 0) is 24.7 Å². The zero-order valence-electron chi connectivity index (χ0n) is 11.7. The molecule has 0 aromatic carbocycles. The van der Waals surface area contributed by atoms with Crippen molar-refractivity contribution in [3.8, 4) is 0 Å². The minimum Gasteiger partial charge on any atom is -0.379 e. The van der Waals surface area contributed by atoms with E-state index in [1.54, 1.807) is 0 Å². The Bertz CT molecular complexity index is 461. The van der Waals surface area contributed by atoms with E-state index in [-0.39, 0.29) is 6.04 Å². The van der Waals surface area contributed by atoms with E-state index in [9.17, 15) is 0 Å². The molecule has 3 atom stereocenters. The van der Waals surface area contributed by atoms with Crippen LogP contribution in [0.15, 0.2) is 4.52 Å². The summed E-state index contributed by atoms with van der Waals surface area (Å²) in [5, 5.41) is 4.10. The summed E-state index contributed by atoms with van der Waals surface area (Å²) in [6.45, 7) is 4.22. The van der Waals surface area contributed by atoms with E-state index in [1.165, 1.54) is 19.3 Å². The maximum absolute atomic E-state index is 6.21. The van der Waals surface area contributed by atoms with Crippen LogP contribution in [0.3, 0.4) is 0 Å². The lowest BCUT2D eigenvalue weighted by Crippen LogP contribution is -2.40. The van der Waals surface area contributed by atoms with Crippen LogP contribution < -0.4 is 5.73 Å². The Hall–Kier alpha value is -0.980. The number of ether oxygens (including phenoxy) is 1. The van der Waals surface area contributed by atoms with Gasteiger partial charge in [0.25, 0.3) is 0 Å². The monoisotopic (exact) mass is 278 g/mol. The first-order valence-electron chi connectivity index (χ1n) is 7.72. The van der Waals surface area contributed by atoms with Gasteiger partial charge in [0.05, 0.1) is 19.3 Å². The molecule has 0 radical (unpaired) electrons. The lowest BCUT2D eigenvalue weighted by molar-refractivity contribution is 0.0348. The normalized spacial score (nSPS) is 35.0. The van der Waals surface area contributed by atoms with Crippen LogP contribution >= 0.6 is 0 Å². The highest BCUT2D eigenvalue weighted by atomic mass is 16.5. The summed E-state index contributed by atoms with van der Waals surface area (Å²) in [5.74, 6) is 3.63. The summed E-state index contributed by atoms with van der Waals surface area (Å²) in [7, 11) is 0. The van der Waals surface area contributed by atoms with Gasteiger partial charge in [-0.3, -0.25) is 4.90 Å². The standard InChI is InChI=1S/C14H22N4O2/c15-11(8-18-4-6-19-7-5-18)13-16-14(20-17-13)12-9-2-1-3-10(9)12/h9-12H,1-8,15H2. The van der Waals surface area contributed by atoms with E-state index in [0.29, 0.717) is 11.7 Å². The molecular weight excluding hydrogens is 256 g/mol.